The molecule has 3 fully saturated rings. The lowest BCUT2D eigenvalue weighted by molar-refractivity contribution is -0.493. The van der Waals surface area contributed by atoms with Crippen molar-refractivity contribution in [1.29, 1.82) is 0 Å². The largest absolute Gasteiger partial charge is 0.494 e. The third-order valence-electron chi connectivity index (χ3n) is 7.60. The SMILES string of the molecule is Cc1cc(OCCCNCC(C)(C)C(N)=O)ccc1Cc1c(O[C@@H]2OC3(CO)OC(C2O)[C@@H]3O)n[nH]c1C(C)C. The molecule has 7 N–H and O–H groups in total. The molecule has 2 aromatic rings. The highest BCUT2D eigenvalue weighted by atomic mass is 16.8. The number of carbonyl (C=O) groups is 1. The summed E-state index contributed by atoms with van der Waals surface area (Å²) in [6, 6.07) is 5.91. The van der Waals surface area contributed by atoms with Gasteiger partial charge in [0, 0.05) is 24.2 Å². The van der Waals surface area contributed by atoms with E-state index in [1.807, 2.05) is 52.8 Å². The Labute approximate surface area is 234 Å². The molecular formula is C28H42N4O8. The fourth-order valence-electron chi connectivity index (χ4n) is 4.82. The number of aryl methyl sites for hydroxylation is 1. The summed E-state index contributed by atoms with van der Waals surface area (Å²) in [5.41, 5.74) is 8.61. The van der Waals surface area contributed by atoms with Crippen LogP contribution in [0.1, 0.15) is 62.4 Å². The number of nitrogens with one attached hydrogen (secondary N) is 2. The monoisotopic (exact) mass is 562 g/mol. The number of fused-ring (bicyclic) bond motifs is 2. The van der Waals surface area contributed by atoms with Crippen LogP contribution in [-0.4, -0.2) is 88.1 Å². The molecular weight excluding hydrogens is 520 g/mol. The van der Waals surface area contributed by atoms with Crippen LogP contribution in [0.15, 0.2) is 18.2 Å². The van der Waals surface area contributed by atoms with Crippen molar-refractivity contribution in [3.63, 3.8) is 0 Å². The summed E-state index contributed by atoms with van der Waals surface area (Å²) >= 11 is 0. The van der Waals surface area contributed by atoms with Crippen LogP contribution in [0.3, 0.4) is 0 Å². The van der Waals surface area contributed by atoms with Crippen LogP contribution in [-0.2, 0) is 20.7 Å². The standard InChI is InChI=1S/C28H42N4O8/c1-15(2)20-19(24(32-31-20)38-25-21(34)22-23(35)28(14-33,39-22)40-25)12-17-7-8-18(11-16(17)3)37-10-6-9-30-13-27(4,5)26(29)36/h7-8,11,15,21-23,25,30,33-35H,6,9-10,12-14H2,1-5H3,(H2,29,36)(H,31,32)/t21?,22?,23-,25+,28?/m0/s1. The van der Waals surface area contributed by atoms with Gasteiger partial charge in [-0.25, -0.2) is 0 Å². The third kappa shape index (κ3) is 6.12. The molecule has 0 radical (unpaired) electrons. The number of nitrogens with zero attached hydrogens (tertiary/aromatic N) is 1. The lowest BCUT2D eigenvalue weighted by atomic mass is 9.89. The quantitative estimate of drug-likeness (QED) is 0.181. The van der Waals surface area contributed by atoms with Gasteiger partial charge >= 0.3 is 0 Å². The summed E-state index contributed by atoms with van der Waals surface area (Å²) in [5, 5.41) is 41.0. The number of aliphatic hydroxyl groups is 3. The number of aromatic amines is 1. The molecule has 3 saturated heterocycles. The van der Waals surface area contributed by atoms with Gasteiger partial charge in [-0.3, -0.25) is 9.89 Å². The van der Waals surface area contributed by atoms with Gasteiger partial charge in [0.1, 0.15) is 30.7 Å². The lowest BCUT2D eigenvalue weighted by Gasteiger charge is -2.57. The second-order valence-electron chi connectivity index (χ2n) is 11.6. The van der Waals surface area contributed by atoms with E-state index in [1.54, 1.807) is 0 Å². The predicted molar refractivity (Wildman–Crippen MR) is 145 cm³/mol. The molecule has 4 heterocycles. The van der Waals surface area contributed by atoms with E-state index in [0.29, 0.717) is 26.1 Å². The molecule has 0 aliphatic carbocycles. The van der Waals surface area contributed by atoms with Gasteiger partial charge < -0.3 is 45.3 Å². The zero-order valence-corrected chi connectivity index (χ0v) is 23.8. The van der Waals surface area contributed by atoms with Crippen molar-refractivity contribution in [1.82, 2.24) is 15.5 Å². The van der Waals surface area contributed by atoms with Crippen molar-refractivity contribution >= 4 is 5.91 Å². The van der Waals surface area contributed by atoms with Crippen LogP contribution in [0, 0.1) is 12.3 Å². The number of carbonyl (C=O) groups excluding carboxylic acids is 1. The van der Waals surface area contributed by atoms with Gasteiger partial charge in [0.25, 0.3) is 0 Å². The maximum Gasteiger partial charge on any atom is 0.238 e. The number of aliphatic hydroxyl groups excluding tert-OH is 3. The number of aromatic nitrogens is 2. The Morgan fingerprint density at radius 1 is 1.30 bits per heavy atom. The highest BCUT2D eigenvalue weighted by Gasteiger charge is 2.66. The number of amides is 1. The minimum absolute atomic E-state index is 0.129. The molecule has 5 rings (SSSR count). The van der Waals surface area contributed by atoms with E-state index in [9.17, 15) is 20.1 Å². The molecule has 1 aromatic carbocycles. The topological polar surface area (TPSA) is 181 Å². The van der Waals surface area contributed by atoms with Crippen LogP contribution < -0.4 is 20.5 Å². The number of rotatable bonds is 14. The molecule has 12 heteroatoms. The van der Waals surface area contributed by atoms with Gasteiger partial charge in [-0.05, 0) is 62.9 Å². The normalized spacial score (nSPS) is 26.0. The van der Waals surface area contributed by atoms with Crippen LogP contribution in [0.4, 0.5) is 0 Å². The average Bonchev–Trinajstić information content (AvgIpc) is 3.30. The molecule has 2 bridgehead atoms. The third-order valence-corrected chi connectivity index (χ3v) is 7.60. The second-order valence-corrected chi connectivity index (χ2v) is 11.6. The van der Waals surface area contributed by atoms with E-state index in [0.717, 1.165) is 34.6 Å². The van der Waals surface area contributed by atoms with Crippen molar-refractivity contribution in [3.05, 3.63) is 40.6 Å². The maximum absolute atomic E-state index is 11.4. The summed E-state index contributed by atoms with van der Waals surface area (Å²) in [4.78, 5) is 11.4. The van der Waals surface area contributed by atoms with E-state index in [1.165, 1.54) is 0 Å². The minimum Gasteiger partial charge on any atom is -0.494 e. The fraction of sp³-hybridized carbons (Fsp3) is 0.643. The van der Waals surface area contributed by atoms with Gasteiger partial charge in [0.15, 0.2) is 0 Å². The highest BCUT2D eigenvalue weighted by Crippen LogP contribution is 2.44. The van der Waals surface area contributed by atoms with Crippen molar-refractivity contribution in [2.75, 3.05) is 26.3 Å². The molecule has 222 valence electrons. The Morgan fingerprint density at radius 3 is 2.67 bits per heavy atom. The van der Waals surface area contributed by atoms with E-state index in [2.05, 4.69) is 15.5 Å². The zero-order chi connectivity index (χ0) is 29.2. The zero-order valence-electron chi connectivity index (χ0n) is 23.8. The molecule has 0 saturated carbocycles. The molecule has 1 aromatic heterocycles. The predicted octanol–water partition coefficient (Wildman–Crippen LogP) is 0.847. The Bertz CT molecular complexity index is 1190. The van der Waals surface area contributed by atoms with Gasteiger partial charge in [-0.15, -0.1) is 5.10 Å². The van der Waals surface area contributed by atoms with E-state index >= 15 is 0 Å². The Hall–Kier alpha value is -2.74. The minimum atomic E-state index is -1.60. The van der Waals surface area contributed by atoms with Crippen molar-refractivity contribution in [2.45, 2.75) is 83.8 Å². The molecule has 3 aliphatic heterocycles. The first-order valence-corrected chi connectivity index (χ1v) is 13.7. The fourth-order valence-corrected chi connectivity index (χ4v) is 4.82. The second kappa shape index (κ2) is 12.0. The first-order chi connectivity index (χ1) is 18.9. The molecule has 5 atom stereocenters. The van der Waals surface area contributed by atoms with Crippen LogP contribution in [0.25, 0.3) is 0 Å². The van der Waals surface area contributed by atoms with Crippen molar-refractivity contribution in [2.24, 2.45) is 11.1 Å². The number of primary amides is 1. The van der Waals surface area contributed by atoms with E-state index in [4.69, 9.17) is 24.7 Å². The van der Waals surface area contributed by atoms with Crippen molar-refractivity contribution in [3.8, 4) is 11.6 Å². The number of hydrogen-bond acceptors (Lipinski definition) is 10. The molecule has 12 nitrogen and oxygen atoms in total. The molecule has 1 amide bonds. The first-order valence-electron chi connectivity index (χ1n) is 13.7. The summed E-state index contributed by atoms with van der Waals surface area (Å²) in [6.45, 7) is 10.9. The van der Waals surface area contributed by atoms with Crippen molar-refractivity contribution < 1.29 is 39.1 Å². The van der Waals surface area contributed by atoms with Gasteiger partial charge in [0.2, 0.25) is 23.9 Å². The number of ether oxygens (including phenoxy) is 4. The molecule has 0 spiro atoms. The highest BCUT2D eigenvalue weighted by molar-refractivity contribution is 5.80. The summed E-state index contributed by atoms with van der Waals surface area (Å²) < 4.78 is 22.9. The molecule has 3 unspecified atom stereocenters. The smallest absolute Gasteiger partial charge is 0.238 e. The lowest BCUT2D eigenvalue weighted by Crippen LogP contribution is -2.78. The van der Waals surface area contributed by atoms with Crippen LogP contribution in [0.5, 0.6) is 11.6 Å². The van der Waals surface area contributed by atoms with E-state index in [-0.39, 0.29) is 17.7 Å². The number of benzene rings is 1. The Morgan fingerprint density at radius 2 is 2.05 bits per heavy atom. The number of hydrogen-bond donors (Lipinski definition) is 6. The number of H-pyrrole nitrogens is 1. The van der Waals surface area contributed by atoms with Gasteiger partial charge in [-0.1, -0.05) is 19.9 Å². The molecule has 40 heavy (non-hydrogen) atoms. The van der Waals surface area contributed by atoms with Crippen LogP contribution >= 0.6 is 0 Å². The first kappa shape index (κ1) is 30.2. The van der Waals surface area contributed by atoms with Gasteiger partial charge in [-0.2, -0.15) is 0 Å². The van der Waals surface area contributed by atoms with E-state index < -0.39 is 42.4 Å². The Kier molecular flexibility index (Phi) is 9.08. The average molecular weight is 563 g/mol. The van der Waals surface area contributed by atoms with Crippen LogP contribution in [0.2, 0.25) is 0 Å². The molecule has 3 aliphatic rings. The summed E-state index contributed by atoms with van der Waals surface area (Å²) in [7, 11) is 0. The summed E-state index contributed by atoms with van der Waals surface area (Å²) in [5.74, 6) is -0.762. The van der Waals surface area contributed by atoms with Gasteiger partial charge in [0.05, 0.1) is 12.0 Å². The Balaban J connectivity index is 1.37. The summed E-state index contributed by atoms with van der Waals surface area (Å²) in [6.07, 6.45) is -3.18. The number of nitrogens with two attached hydrogens (primary N) is 1. The maximum atomic E-state index is 11.4.